The van der Waals surface area contributed by atoms with Gasteiger partial charge in [0, 0.05) is 11.1 Å². The number of carboxylic acids is 1. The van der Waals surface area contributed by atoms with Gasteiger partial charge in [-0.1, -0.05) is 6.92 Å². The van der Waals surface area contributed by atoms with Crippen molar-refractivity contribution in [3.05, 3.63) is 35.4 Å². The van der Waals surface area contributed by atoms with Crippen LogP contribution in [0.1, 0.15) is 47.9 Å². The molecule has 0 fully saturated rings. The van der Waals surface area contributed by atoms with Crippen LogP contribution in [0.4, 0.5) is 0 Å². The lowest BCUT2D eigenvalue weighted by Crippen LogP contribution is -2.42. The van der Waals surface area contributed by atoms with Gasteiger partial charge in [0.15, 0.2) is 0 Å². The van der Waals surface area contributed by atoms with Gasteiger partial charge in [0.2, 0.25) is 0 Å². The van der Waals surface area contributed by atoms with Gasteiger partial charge in [0.05, 0.1) is 5.56 Å². The third-order valence-electron chi connectivity index (χ3n) is 2.73. The zero-order chi connectivity index (χ0) is 13.1. The van der Waals surface area contributed by atoms with E-state index in [1.54, 1.807) is 0 Å². The van der Waals surface area contributed by atoms with Crippen molar-refractivity contribution >= 4 is 11.9 Å². The Bertz CT molecular complexity index is 421. The van der Waals surface area contributed by atoms with Gasteiger partial charge in [-0.05, 0) is 44.5 Å². The van der Waals surface area contributed by atoms with Gasteiger partial charge in [-0.15, -0.1) is 0 Å². The number of nitrogens with one attached hydrogen (secondary N) is 1. The molecule has 1 amide bonds. The van der Waals surface area contributed by atoms with E-state index in [0.717, 1.165) is 6.42 Å². The maximum atomic E-state index is 11.8. The van der Waals surface area contributed by atoms with E-state index in [-0.39, 0.29) is 17.0 Å². The lowest BCUT2D eigenvalue weighted by molar-refractivity contribution is 0.0696. The monoisotopic (exact) mass is 235 g/mol. The largest absolute Gasteiger partial charge is 0.478 e. The fourth-order valence-electron chi connectivity index (χ4n) is 1.23. The van der Waals surface area contributed by atoms with Crippen molar-refractivity contribution in [1.82, 2.24) is 5.32 Å². The van der Waals surface area contributed by atoms with Gasteiger partial charge in [-0.2, -0.15) is 0 Å². The highest BCUT2D eigenvalue weighted by Crippen LogP contribution is 2.10. The summed E-state index contributed by atoms with van der Waals surface area (Å²) in [6, 6.07) is 5.89. The molecule has 2 N–H and O–H groups in total. The normalized spacial score (nSPS) is 11.0. The number of carbonyl (C=O) groups excluding carboxylic acids is 1. The number of hydrogen-bond acceptors (Lipinski definition) is 2. The van der Waals surface area contributed by atoms with Crippen molar-refractivity contribution in [1.29, 1.82) is 0 Å². The first-order valence-corrected chi connectivity index (χ1v) is 5.51. The van der Waals surface area contributed by atoms with Crippen LogP contribution >= 0.6 is 0 Å². The third-order valence-corrected chi connectivity index (χ3v) is 2.73. The number of carboxylic acid groups (broad SMARTS) is 1. The molecule has 0 bridgehead atoms. The average Bonchev–Trinajstić information content (AvgIpc) is 2.28. The van der Waals surface area contributed by atoms with Crippen molar-refractivity contribution < 1.29 is 14.7 Å². The van der Waals surface area contributed by atoms with Gasteiger partial charge in [0.25, 0.3) is 5.91 Å². The Labute approximate surface area is 101 Å². The summed E-state index contributed by atoms with van der Waals surface area (Å²) in [5, 5.41) is 11.6. The molecular formula is C13H17NO3. The van der Waals surface area contributed by atoms with Gasteiger partial charge in [-0.25, -0.2) is 4.79 Å². The number of amides is 1. The van der Waals surface area contributed by atoms with E-state index in [9.17, 15) is 9.59 Å². The summed E-state index contributed by atoms with van der Waals surface area (Å²) in [6.45, 7) is 5.88. The summed E-state index contributed by atoms with van der Waals surface area (Å²) in [4.78, 5) is 22.5. The van der Waals surface area contributed by atoms with E-state index >= 15 is 0 Å². The summed E-state index contributed by atoms with van der Waals surface area (Å²) in [5.41, 5.74) is 0.385. The summed E-state index contributed by atoms with van der Waals surface area (Å²) in [5.74, 6) is -1.18. The first kappa shape index (κ1) is 13.2. The van der Waals surface area contributed by atoms with Crippen LogP contribution in [0, 0.1) is 0 Å². The zero-order valence-electron chi connectivity index (χ0n) is 10.3. The molecule has 0 radical (unpaired) electrons. The van der Waals surface area contributed by atoms with Crippen LogP contribution in [0.3, 0.4) is 0 Å². The Hall–Kier alpha value is -1.84. The van der Waals surface area contributed by atoms with Crippen molar-refractivity contribution in [3.8, 4) is 0 Å². The van der Waals surface area contributed by atoms with Crippen molar-refractivity contribution in [2.45, 2.75) is 32.7 Å². The Kier molecular flexibility index (Phi) is 3.89. The maximum Gasteiger partial charge on any atom is 0.335 e. The second kappa shape index (κ2) is 4.99. The minimum Gasteiger partial charge on any atom is -0.478 e. The van der Waals surface area contributed by atoms with Gasteiger partial charge < -0.3 is 10.4 Å². The van der Waals surface area contributed by atoms with Crippen molar-refractivity contribution in [2.24, 2.45) is 0 Å². The fraction of sp³-hybridized carbons (Fsp3) is 0.385. The van der Waals surface area contributed by atoms with Crippen LogP contribution in [0.15, 0.2) is 24.3 Å². The SMILES string of the molecule is CCC(C)(C)NC(=O)c1ccc(C(=O)O)cc1. The molecule has 0 heterocycles. The van der Waals surface area contributed by atoms with Crippen LogP contribution < -0.4 is 5.32 Å². The van der Waals surface area contributed by atoms with Gasteiger partial charge in [-0.3, -0.25) is 4.79 Å². The molecule has 0 aliphatic rings. The molecule has 1 aromatic rings. The Balaban J connectivity index is 2.80. The summed E-state index contributed by atoms with van der Waals surface area (Å²) < 4.78 is 0. The number of hydrogen-bond donors (Lipinski definition) is 2. The van der Waals surface area contributed by atoms with Crippen LogP contribution in [0.5, 0.6) is 0 Å². The Morgan fingerprint density at radius 2 is 1.65 bits per heavy atom. The Morgan fingerprint density at radius 3 is 2.06 bits per heavy atom. The maximum absolute atomic E-state index is 11.8. The summed E-state index contributed by atoms with van der Waals surface area (Å²) in [7, 11) is 0. The van der Waals surface area contributed by atoms with Gasteiger partial charge in [0.1, 0.15) is 0 Å². The van der Waals surface area contributed by atoms with E-state index in [2.05, 4.69) is 5.32 Å². The second-order valence-corrected chi connectivity index (χ2v) is 4.57. The molecule has 0 atom stereocenters. The molecule has 0 spiro atoms. The number of carbonyl (C=O) groups is 2. The van der Waals surface area contributed by atoms with Crippen LogP contribution in [-0.2, 0) is 0 Å². The molecule has 92 valence electrons. The molecule has 17 heavy (non-hydrogen) atoms. The van der Waals surface area contributed by atoms with Crippen LogP contribution in [0.2, 0.25) is 0 Å². The number of rotatable bonds is 4. The second-order valence-electron chi connectivity index (χ2n) is 4.57. The molecule has 0 aliphatic carbocycles. The number of benzene rings is 1. The molecular weight excluding hydrogens is 218 g/mol. The van der Waals surface area contributed by atoms with E-state index in [4.69, 9.17) is 5.11 Å². The van der Waals surface area contributed by atoms with Gasteiger partial charge >= 0.3 is 5.97 Å². The molecule has 4 heteroatoms. The minimum atomic E-state index is -0.995. The smallest absolute Gasteiger partial charge is 0.335 e. The van der Waals surface area contributed by atoms with Crippen LogP contribution in [0.25, 0.3) is 0 Å². The minimum absolute atomic E-state index is 0.177. The lowest BCUT2D eigenvalue weighted by atomic mass is 10.0. The molecule has 1 rings (SSSR count). The molecule has 1 aromatic carbocycles. The molecule has 0 aliphatic heterocycles. The molecule has 0 unspecified atom stereocenters. The van der Waals surface area contributed by atoms with E-state index in [1.165, 1.54) is 24.3 Å². The standard InChI is InChI=1S/C13H17NO3/c1-4-13(2,3)14-11(15)9-5-7-10(8-6-9)12(16)17/h5-8H,4H2,1-3H3,(H,14,15)(H,16,17). The average molecular weight is 235 g/mol. The molecule has 0 saturated carbocycles. The molecule has 0 aromatic heterocycles. The Morgan fingerprint density at radius 1 is 1.18 bits per heavy atom. The predicted molar refractivity (Wildman–Crippen MR) is 65.2 cm³/mol. The van der Waals surface area contributed by atoms with Crippen molar-refractivity contribution in [3.63, 3.8) is 0 Å². The first-order valence-electron chi connectivity index (χ1n) is 5.51. The molecule has 4 nitrogen and oxygen atoms in total. The van der Waals surface area contributed by atoms with E-state index < -0.39 is 5.97 Å². The van der Waals surface area contributed by atoms with E-state index in [1.807, 2.05) is 20.8 Å². The van der Waals surface area contributed by atoms with Crippen molar-refractivity contribution in [2.75, 3.05) is 0 Å². The van der Waals surface area contributed by atoms with E-state index in [0.29, 0.717) is 5.56 Å². The topological polar surface area (TPSA) is 66.4 Å². The first-order chi connectivity index (χ1) is 7.85. The highest BCUT2D eigenvalue weighted by Gasteiger charge is 2.18. The fourth-order valence-corrected chi connectivity index (χ4v) is 1.23. The highest BCUT2D eigenvalue weighted by molar-refractivity contribution is 5.96. The third kappa shape index (κ3) is 3.59. The lowest BCUT2D eigenvalue weighted by Gasteiger charge is -2.24. The summed E-state index contributed by atoms with van der Waals surface area (Å²) in [6.07, 6.45) is 0.825. The number of aromatic carboxylic acids is 1. The quantitative estimate of drug-likeness (QED) is 0.841. The van der Waals surface area contributed by atoms with Crippen LogP contribution in [-0.4, -0.2) is 22.5 Å². The zero-order valence-corrected chi connectivity index (χ0v) is 10.3. The summed E-state index contributed by atoms with van der Waals surface area (Å²) >= 11 is 0. The molecule has 0 saturated heterocycles. The highest BCUT2D eigenvalue weighted by atomic mass is 16.4. The predicted octanol–water partition coefficient (Wildman–Crippen LogP) is 2.30.